The lowest BCUT2D eigenvalue weighted by Gasteiger charge is -2.45. The Morgan fingerprint density at radius 2 is 1.88 bits per heavy atom. The fourth-order valence-corrected chi connectivity index (χ4v) is 3.39. The summed E-state index contributed by atoms with van der Waals surface area (Å²) >= 11 is 0. The predicted octanol–water partition coefficient (Wildman–Crippen LogP) is 2.64. The summed E-state index contributed by atoms with van der Waals surface area (Å²) in [6.45, 7) is 6.36. The quantitative estimate of drug-likeness (QED) is 0.789. The van der Waals surface area contributed by atoms with Crippen LogP contribution in [0, 0.1) is 11.8 Å². The summed E-state index contributed by atoms with van der Waals surface area (Å²) in [5, 5.41) is 3.84. The van der Waals surface area contributed by atoms with E-state index in [0.29, 0.717) is 0 Å². The molecule has 3 fully saturated rings. The Bertz CT molecular complexity index is 245. The molecule has 2 aliphatic carbocycles. The van der Waals surface area contributed by atoms with E-state index in [0.717, 1.165) is 23.9 Å². The van der Waals surface area contributed by atoms with Crippen LogP contribution in [0.25, 0.3) is 0 Å². The van der Waals surface area contributed by atoms with Crippen LogP contribution in [0.2, 0.25) is 0 Å². The molecule has 2 saturated carbocycles. The van der Waals surface area contributed by atoms with E-state index in [1.54, 1.807) is 0 Å². The van der Waals surface area contributed by atoms with Crippen LogP contribution < -0.4 is 5.32 Å². The first-order valence-electron chi connectivity index (χ1n) is 7.82. The summed E-state index contributed by atoms with van der Waals surface area (Å²) in [7, 11) is 0. The van der Waals surface area contributed by atoms with Gasteiger partial charge in [-0.3, -0.25) is 4.90 Å². The van der Waals surface area contributed by atoms with Gasteiger partial charge in [0.05, 0.1) is 0 Å². The Balaban J connectivity index is 1.50. The molecule has 0 bridgehead atoms. The minimum Gasteiger partial charge on any atom is -0.312 e. The third-order valence-corrected chi connectivity index (χ3v) is 5.13. The van der Waals surface area contributed by atoms with Gasteiger partial charge in [-0.25, -0.2) is 0 Å². The van der Waals surface area contributed by atoms with Crippen LogP contribution in [-0.4, -0.2) is 36.6 Å². The first kappa shape index (κ1) is 12.0. The number of likely N-dealkylation sites (tertiary alicyclic amines) is 1. The van der Waals surface area contributed by atoms with Crippen molar-refractivity contribution in [2.75, 3.05) is 19.6 Å². The highest BCUT2D eigenvalue weighted by Crippen LogP contribution is 2.31. The van der Waals surface area contributed by atoms with Gasteiger partial charge in [0.2, 0.25) is 0 Å². The molecule has 2 nitrogen and oxygen atoms in total. The van der Waals surface area contributed by atoms with Gasteiger partial charge < -0.3 is 5.32 Å². The molecule has 2 unspecified atom stereocenters. The molecule has 0 aromatic heterocycles. The highest BCUT2D eigenvalue weighted by molar-refractivity contribution is 4.90. The summed E-state index contributed by atoms with van der Waals surface area (Å²) in [6.07, 6.45) is 10.1. The summed E-state index contributed by atoms with van der Waals surface area (Å²) < 4.78 is 0. The standard InChI is InChI=1S/C15H28N2/c1-2-12-8-14(16-9-13-6-7-13)11-17(10-12)15-4-3-5-15/h12-16H,2-11H2,1H3. The molecule has 3 aliphatic rings. The number of hydrogen-bond acceptors (Lipinski definition) is 2. The van der Waals surface area contributed by atoms with Crippen LogP contribution in [-0.2, 0) is 0 Å². The van der Waals surface area contributed by atoms with Crippen LogP contribution in [0.3, 0.4) is 0 Å². The van der Waals surface area contributed by atoms with Crippen molar-refractivity contribution in [2.24, 2.45) is 11.8 Å². The lowest BCUT2D eigenvalue weighted by Crippen LogP contribution is -2.54. The summed E-state index contributed by atoms with van der Waals surface area (Å²) in [6, 6.07) is 1.73. The second-order valence-electron chi connectivity index (χ2n) is 6.60. The fourth-order valence-electron chi connectivity index (χ4n) is 3.39. The zero-order valence-corrected chi connectivity index (χ0v) is 11.3. The van der Waals surface area contributed by atoms with Crippen molar-refractivity contribution < 1.29 is 0 Å². The van der Waals surface area contributed by atoms with Crippen LogP contribution >= 0.6 is 0 Å². The molecule has 0 spiro atoms. The van der Waals surface area contributed by atoms with E-state index in [4.69, 9.17) is 0 Å². The predicted molar refractivity (Wildman–Crippen MR) is 72.1 cm³/mol. The van der Waals surface area contributed by atoms with E-state index in [-0.39, 0.29) is 0 Å². The first-order chi connectivity index (χ1) is 8.35. The Kier molecular flexibility index (Phi) is 3.72. The van der Waals surface area contributed by atoms with E-state index in [9.17, 15) is 0 Å². The van der Waals surface area contributed by atoms with E-state index in [1.807, 2.05) is 0 Å². The van der Waals surface area contributed by atoms with Gasteiger partial charge in [-0.05, 0) is 50.5 Å². The lowest BCUT2D eigenvalue weighted by atomic mass is 9.85. The molecule has 0 amide bonds. The van der Waals surface area contributed by atoms with Crippen molar-refractivity contribution >= 4 is 0 Å². The maximum Gasteiger partial charge on any atom is 0.0198 e. The Labute approximate surface area is 106 Å². The Morgan fingerprint density at radius 1 is 1.06 bits per heavy atom. The summed E-state index contributed by atoms with van der Waals surface area (Å²) in [5.41, 5.74) is 0. The Hall–Kier alpha value is -0.0800. The lowest BCUT2D eigenvalue weighted by molar-refractivity contribution is 0.0574. The average molecular weight is 236 g/mol. The van der Waals surface area contributed by atoms with Gasteiger partial charge in [-0.2, -0.15) is 0 Å². The molecule has 2 atom stereocenters. The second-order valence-corrected chi connectivity index (χ2v) is 6.60. The molecule has 2 heteroatoms. The van der Waals surface area contributed by atoms with Gasteiger partial charge in [-0.1, -0.05) is 19.8 Å². The maximum atomic E-state index is 3.84. The van der Waals surface area contributed by atoms with E-state index < -0.39 is 0 Å². The molecule has 1 N–H and O–H groups in total. The SMILES string of the molecule is CCC1CC(NCC2CC2)CN(C2CCC2)C1. The summed E-state index contributed by atoms with van der Waals surface area (Å²) in [4.78, 5) is 2.80. The summed E-state index contributed by atoms with van der Waals surface area (Å²) in [5.74, 6) is 1.97. The number of nitrogens with zero attached hydrogens (tertiary/aromatic N) is 1. The van der Waals surface area contributed by atoms with Crippen molar-refractivity contribution in [1.82, 2.24) is 10.2 Å². The minimum atomic E-state index is 0.787. The topological polar surface area (TPSA) is 15.3 Å². The number of nitrogens with one attached hydrogen (secondary N) is 1. The fraction of sp³-hybridized carbons (Fsp3) is 1.00. The van der Waals surface area contributed by atoms with Crippen molar-refractivity contribution in [2.45, 2.75) is 64.0 Å². The molecule has 0 aromatic carbocycles. The van der Waals surface area contributed by atoms with E-state index in [1.165, 1.54) is 64.6 Å². The molecule has 1 heterocycles. The molecule has 98 valence electrons. The van der Waals surface area contributed by atoms with Crippen LogP contribution in [0.5, 0.6) is 0 Å². The second kappa shape index (κ2) is 5.27. The van der Waals surface area contributed by atoms with Crippen molar-refractivity contribution in [3.8, 4) is 0 Å². The van der Waals surface area contributed by atoms with Crippen LogP contribution in [0.15, 0.2) is 0 Å². The van der Waals surface area contributed by atoms with Crippen LogP contribution in [0.4, 0.5) is 0 Å². The highest BCUT2D eigenvalue weighted by atomic mass is 15.2. The highest BCUT2D eigenvalue weighted by Gasteiger charge is 2.33. The normalized spacial score (nSPS) is 35.8. The number of hydrogen-bond donors (Lipinski definition) is 1. The molecular weight excluding hydrogens is 208 g/mol. The third kappa shape index (κ3) is 3.03. The molecule has 17 heavy (non-hydrogen) atoms. The zero-order valence-electron chi connectivity index (χ0n) is 11.3. The van der Waals surface area contributed by atoms with E-state index >= 15 is 0 Å². The average Bonchev–Trinajstić information content (AvgIpc) is 3.07. The maximum absolute atomic E-state index is 3.84. The van der Waals surface area contributed by atoms with Crippen molar-refractivity contribution in [3.05, 3.63) is 0 Å². The van der Waals surface area contributed by atoms with Gasteiger partial charge in [0, 0.05) is 25.2 Å². The van der Waals surface area contributed by atoms with Gasteiger partial charge in [0.1, 0.15) is 0 Å². The zero-order chi connectivity index (χ0) is 11.7. The van der Waals surface area contributed by atoms with Gasteiger partial charge in [0.15, 0.2) is 0 Å². The molecule has 1 aliphatic heterocycles. The van der Waals surface area contributed by atoms with Crippen LogP contribution in [0.1, 0.15) is 51.9 Å². The number of rotatable bonds is 5. The van der Waals surface area contributed by atoms with E-state index in [2.05, 4.69) is 17.1 Å². The third-order valence-electron chi connectivity index (χ3n) is 5.13. The monoisotopic (exact) mass is 236 g/mol. The van der Waals surface area contributed by atoms with Gasteiger partial charge in [-0.15, -0.1) is 0 Å². The molecule has 0 aromatic rings. The number of piperidine rings is 1. The molecule has 1 saturated heterocycles. The molecule has 0 radical (unpaired) electrons. The van der Waals surface area contributed by atoms with Crippen molar-refractivity contribution in [3.63, 3.8) is 0 Å². The molecular formula is C15H28N2. The molecule has 3 rings (SSSR count). The Morgan fingerprint density at radius 3 is 2.47 bits per heavy atom. The van der Waals surface area contributed by atoms with Crippen molar-refractivity contribution in [1.29, 1.82) is 0 Å². The largest absolute Gasteiger partial charge is 0.312 e. The minimum absolute atomic E-state index is 0.787. The smallest absolute Gasteiger partial charge is 0.0198 e. The van der Waals surface area contributed by atoms with Gasteiger partial charge >= 0.3 is 0 Å². The first-order valence-corrected chi connectivity index (χ1v) is 7.82. The van der Waals surface area contributed by atoms with Gasteiger partial charge in [0.25, 0.3) is 0 Å².